The maximum Gasteiger partial charge on any atom is 0.471 e. The van der Waals surface area contributed by atoms with Gasteiger partial charge in [-0.25, -0.2) is 0 Å². The molecular weight excluding hydrogens is 491 g/mol. The summed E-state index contributed by atoms with van der Waals surface area (Å²) < 4.78 is 38.9. The number of fused-ring (bicyclic) bond motifs is 1. The van der Waals surface area contributed by atoms with E-state index in [9.17, 15) is 37.6 Å². The molecule has 2 saturated heterocycles. The maximum atomic E-state index is 13.5. The van der Waals surface area contributed by atoms with Crippen molar-refractivity contribution in [3.05, 3.63) is 0 Å². The number of hydrogen-bond donors (Lipinski definition) is 3. The first-order valence-electron chi connectivity index (χ1n) is 12.4. The molecule has 0 aromatic heterocycles. The Morgan fingerprint density at radius 1 is 1.16 bits per heavy atom. The number of nitrogens with one attached hydrogen (secondary N) is 3. The number of hydrogen-bond acceptors (Lipinski definition) is 5. The van der Waals surface area contributed by atoms with E-state index >= 15 is 0 Å². The van der Waals surface area contributed by atoms with Crippen LogP contribution in [-0.4, -0.2) is 64.9 Å². The van der Waals surface area contributed by atoms with Crippen molar-refractivity contribution in [1.82, 2.24) is 20.9 Å². The van der Waals surface area contributed by atoms with Crippen LogP contribution >= 0.6 is 0 Å². The van der Waals surface area contributed by atoms with E-state index in [4.69, 9.17) is 0 Å². The second-order valence-electron chi connectivity index (χ2n) is 12.9. The molecule has 6 atom stereocenters. The van der Waals surface area contributed by atoms with Gasteiger partial charge in [-0.05, 0) is 49.4 Å². The molecule has 0 aromatic rings. The Morgan fingerprint density at radius 2 is 1.76 bits per heavy atom. The summed E-state index contributed by atoms with van der Waals surface area (Å²) in [6.07, 6.45) is -4.57. The molecule has 3 N–H and O–H groups in total. The number of rotatable bonds is 6. The standard InChI is InChI=1S/C25H36F3N5O4/c1-22(2,3)17(31-21(37)25(26,27)28)20(36)33-11-14-15(24(14,6)7)16(33)19(35)30-13(10-29)8-12-9-23(4,5)32-18(12)34/h12-17H,8-9,11H2,1-7H3,(H,30,35)(H,31,37)(H,32,34)/t12?,13-,14-,15-,16-,17?/m0/s1. The van der Waals surface area contributed by atoms with Gasteiger partial charge in [-0.1, -0.05) is 34.6 Å². The molecule has 4 amide bonds. The Bertz CT molecular complexity index is 1030. The molecule has 0 radical (unpaired) electrons. The van der Waals surface area contributed by atoms with Gasteiger partial charge in [0.05, 0.1) is 6.07 Å². The number of likely N-dealkylation sites (tertiary alicyclic amines) is 1. The number of nitrogens with zero attached hydrogens (tertiary/aromatic N) is 2. The smallest absolute Gasteiger partial charge is 0.351 e. The zero-order chi connectivity index (χ0) is 28.3. The van der Waals surface area contributed by atoms with Crippen molar-refractivity contribution in [2.45, 2.75) is 91.1 Å². The van der Waals surface area contributed by atoms with Crippen LogP contribution in [-0.2, 0) is 19.2 Å². The largest absolute Gasteiger partial charge is 0.471 e. The van der Waals surface area contributed by atoms with Gasteiger partial charge in [-0.3, -0.25) is 19.2 Å². The average molecular weight is 528 g/mol. The molecule has 0 spiro atoms. The second kappa shape index (κ2) is 9.17. The fraction of sp³-hybridized carbons (Fsp3) is 0.800. The third-order valence-corrected chi connectivity index (χ3v) is 7.99. The zero-order valence-electron chi connectivity index (χ0n) is 22.2. The van der Waals surface area contributed by atoms with Crippen LogP contribution in [0.3, 0.4) is 0 Å². The lowest BCUT2D eigenvalue weighted by Crippen LogP contribution is -2.61. The van der Waals surface area contributed by atoms with Crippen LogP contribution in [0.25, 0.3) is 0 Å². The molecule has 2 heterocycles. The number of carbonyl (C=O) groups is 4. The number of piperidine rings is 1. The Hall–Kier alpha value is -2.84. The van der Waals surface area contributed by atoms with Crippen molar-refractivity contribution >= 4 is 23.6 Å². The van der Waals surface area contributed by atoms with Gasteiger partial charge in [-0.15, -0.1) is 0 Å². The quantitative estimate of drug-likeness (QED) is 0.485. The maximum absolute atomic E-state index is 13.5. The van der Waals surface area contributed by atoms with E-state index in [0.29, 0.717) is 6.42 Å². The summed E-state index contributed by atoms with van der Waals surface area (Å²) in [7, 11) is 0. The zero-order valence-corrected chi connectivity index (χ0v) is 22.2. The molecule has 1 aliphatic carbocycles. The predicted molar refractivity (Wildman–Crippen MR) is 126 cm³/mol. The Kier molecular flexibility index (Phi) is 7.12. The molecule has 206 valence electrons. The molecule has 1 saturated carbocycles. The van der Waals surface area contributed by atoms with Crippen LogP contribution in [0.15, 0.2) is 0 Å². The van der Waals surface area contributed by atoms with E-state index in [2.05, 4.69) is 10.6 Å². The summed E-state index contributed by atoms with van der Waals surface area (Å²) in [4.78, 5) is 52.2. The van der Waals surface area contributed by atoms with Crippen LogP contribution in [0.2, 0.25) is 0 Å². The van der Waals surface area contributed by atoms with Gasteiger partial charge in [0.1, 0.15) is 18.1 Å². The van der Waals surface area contributed by atoms with Crippen LogP contribution in [0.5, 0.6) is 0 Å². The van der Waals surface area contributed by atoms with Crippen LogP contribution in [0.1, 0.15) is 61.3 Å². The lowest BCUT2D eigenvalue weighted by molar-refractivity contribution is -0.176. The Balaban J connectivity index is 1.80. The van der Waals surface area contributed by atoms with Gasteiger partial charge in [0.25, 0.3) is 0 Å². The molecule has 3 rings (SSSR count). The normalized spacial score (nSPS) is 29.4. The number of nitriles is 1. The van der Waals surface area contributed by atoms with Gasteiger partial charge in [0, 0.05) is 18.0 Å². The molecule has 0 aromatic carbocycles. The summed E-state index contributed by atoms with van der Waals surface area (Å²) in [5.41, 5.74) is -1.77. The van der Waals surface area contributed by atoms with Gasteiger partial charge >= 0.3 is 12.1 Å². The van der Waals surface area contributed by atoms with E-state index in [1.165, 1.54) is 25.7 Å². The van der Waals surface area contributed by atoms with Crippen molar-refractivity contribution < 1.29 is 32.3 Å². The molecule has 0 bridgehead atoms. The average Bonchev–Trinajstić information content (AvgIpc) is 3.04. The molecule has 2 aliphatic heterocycles. The number of amides is 4. The van der Waals surface area contributed by atoms with Crippen molar-refractivity contribution in [2.24, 2.45) is 28.6 Å². The summed E-state index contributed by atoms with van der Waals surface area (Å²) in [6, 6.07) is -1.50. The van der Waals surface area contributed by atoms with E-state index in [-0.39, 0.29) is 36.1 Å². The highest BCUT2D eigenvalue weighted by molar-refractivity contribution is 5.95. The third-order valence-electron chi connectivity index (χ3n) is 7.99. The Morgan fingerprint density at radius 3 is 2.22 bits per heavy atom. The van der Waals surface area contributed by atoms with Gasteiger partial charge < -0.3 is 20.9 Å². The van der Waals surface area contributed by atoms with Crippen LogP contribution in [0.4, 0.5) is 13.2 Å². The molecule has 3 fully saturated rings. The minimum absolute atomic E-state index is 0.0481. The van der Waals surface area contributed by atoms with E-state index in [0.717, 1.165) is 0 Å². The van der Waals surface area contributed by atoms with Gasteiger partial charge in [0.2, 0.25) is 17.7 Å². The first kappa shape index (κ1) is 28.7. The Labute approximate surface area is 214 Å². The van der Waals surface area contributed by atoms with E-state index in [1.807, 2.05) is 39.1 Å². The highest BCUT2D eigenvalue weighted by atomic mass is 19.4. The SMILES string of the molecule is CC1(C)CC(C[C@@H](C#N)NC(=O)[C@@H]2[C@@H]3[C@H](CN2C(=O)C(NC(=O)C(F)(F)F)C(C)(C)C)C3(C)C)C(=O)N1. The highest BCUT2D eigenvalue weighted by Crippen LogP contribution is 2.65. The molecular formula is C25H36F3N5O4. The van der Waals surface area contributed by atoms with Crippen LogP contribution < -0.4 is 16.0 Å². The number of halogens is 3. The molecule has 12 heteroatoms. The first-order chi connectivity index (χ1) is 16.7. The fourth-order valence-electron chi connectivity index (χ4n) is 5.91. The minimum atomic E-state index is -5.17. The lowest BCUT2D eigenvalue weighted by atomic mass is 9.85. The molecule has 2 unspecified atom stereocenters. The van der Waals surface area contributed by atoms with Crippen molar-refractivity contribution in [2.75, 3.05) is 6.54 Å². The van der Waals surface area contributed by atoms with Gasteiger partial charge in [0.15, 0.2) is 0 Å². The summed E-state index contributed by atoms with van der Waals surface area (Å²) in [5.74, 6) is -4.56. The second-order valence-corrected chi connectivity index (χ2v) is 12.9. The third kappa shape index (κ3) is 5.70. The summed E-state index contributed by atoms with van der Waals surface area (Å²) in [6.45, 7) is 12.4. The van der Waals surface area contributed by atoms with Crippen LogP contribution in [0, 0.1) is 39.9 Å². The molecule has 9 nitrogen and oxygen atoms in total. The van der Waals surface area contributed by atoms with E-state index < -0.39 is 58.9 Å². The first-order valence-corrected chi connectivity index (χ1v) is 12.4. The lowest BCUT2D eigenvalue weighted by Gasteiger charge is -2.37. The fourth-order valence-corrected chi connectivity index (χ4v) is 5.91. The predicted octanol–water partition coefficient (Wildman–Crippen LogP) is 1.88. The number of alkyl halides is 3. The minimum Gasteiger partial charge on any atom is -0.351 e. The summed E-state index contributed by atoms with van der Waals surface area (Å²) in [5, 5.41) is 17.0. The number of carbonyl (C=O) groups excluding carboxylic acids is 4. The highest BCUT2D eigenvalue weighted by Gasteiger charge is 2.70. The molecule has 3 aliphatic rings. The van der Waals surface area contributed by atoms with Gasteiger partial charge in [-0.2, -0.15) is 18.4 Å². The van der Waals surface area contributed by atoms with E-state index in [1.54, 1.807) is 0 Å². The van der Waals surface area contributed by atoms with Crippen molar-refractivity contribution in [3.63, 3.8) is 0 Å². The molecule has 37 heavy (non-hydrogen) atoms. The summed E-state index contributed by atoms with van der Waals surface area (Å²) >= 11 is 0. The van der Waals surface area contributed by atoms with Crippen molar-refractivity contribution in [1.29, 1.82) is 5.26 Å². The topological polar surface area (TPSA) is 131 Å². The monoisotopic (exact) mass is 527 g/mol. The van der Waals surface area contributed by atoms with Crippen molar-refractivity contribution in [3.8, 4) is 6.07 Å².